The quantitative estimate of drug-likeness (QED) is 0.669. The molecule has 0 fully saturated rings. The maximum absolute atomic E-state index is 12.1. The van der Waals surface area contributed by atoms with Crippen LogP contribution in [0.2, 0.25) is 0 Å². The molecule has 0 bridgehead atoms. The molecule has 0 saturated heterocycles. The predicted octanol–water partition coefficient (Wildman–Crippen LogP) is 2.93. The Hall–Kier alpha value is -2.82. The van der Waals surface area contributed by atoms with E-state index >= 15 is 0 Å². The molecular weight excluding hydrogens is 272 g/mol. The number of benzene rings is 2. The Labute approximate surface area is 121 Å². The number of ether oxygens (including phenoxy) is 1. The molecule has 0 aliphatic heterocycles. The summed E-state index contributed by atoms with van der Waals surface area (Å²) >= 11 is 0. The zero-order valence-electron chi connectivity index (χ0n) is 11.6. The smallest absolute Gasteiger partial charge is 0.347 e. The molecule has 0 spiro atoms. The molecule has 0 aliphatic rings. The van der Waals surface area contributed by atoms with Crippen LogP contribution in [-0.2, 0) is 0 Å². The average molecular weight is 286 g/mol. The molecule has 2 aromatic carbocycles. The van der Waals surface area contributed by atoms with Crippen molar-refractivity contribution in [2.24, 2.45) is 0 Å². The van der Waals surface area contributed by atoms with Crippen LogP contribution < -0.4 is 4.74 Å². The van der Waals surface area contributed by atoms with Crippen molar-refractivity contribution in [3.05, 3.63) is 58.7 Å². The second-order valence-electron chi connectivity index (χ2n) is 4.71. The number of aromatic carboxylic acids is 1. The maximum atomic E-state index is 12.1. The highest BCUT2D eigenvalue weighted by atomic mass is 16.5. The number of phenolic OH excluding ortho intramolecular Hbond substituents is 1. The Morgan fingerprint density at radius 1 is 0.952 bits per heavy atom. The SMILES string of the molecule is Cc1ccc(C(=O)Oc2cc(C)ccc2C(=O)O)c(O)c1. The van der Waals surface area contributed by atoms with Gasteiger partial charge in [-0.1, -0.05) is 12.1 Å². The molecule has 2 N–H and O–H groups in total. The van der Waals surface area contributed by atoms with Gasteiger partial charge in [-0.25, -0.2) is 9.59 Å². The fourth-order valence-electron chi connectivity index (χ4n) is 1.86. The molecule has 21 heavy (non-hydrogen) atoms. The highest BCUT2D eigenvalue weighted by Crippen LogP contribution is 2.24. The summed E-state index contributed by atoms with van der Waals surface area (Å²) in [5.41, 5.74) is 1.43. The van der Waals surface area contributed by atoms with Crippen LogP contribution in [0.15, 0.2) is 36.4 Å². The van der Waals surface area contributed by atoms with Crippen LogP contribution in [0.4, 0.5) is 0 Å². The average Bonchev–Trinajstić information content (AvgIpc) is 2.37. The first-order chi connectivity index (χ1) is 9.88. The lowest BCUT2D eigenvalue weighted by molar-refractivity contribution is 0.0681. The van der Waals surface area contributed by atoms with Crippen LogP contribution in [0.25, 0.3) is 0 Å². The van der Waals surface area contributed by atoms with Gasteiger partial charge < -0.3 is 14.9 Å². The zero-order valence-corrected chi connectivity index (χ0v) is 11.6. The van der Waals surface area contributed by atoms with E-state index in [1.54, 1.807) is 26.0 Å². The van der Waals surface area contributed by atoms with Gasteiger partial charge in [0.1, 0.15) is 22.6 Å². The van der Waals surface area contributed by atoms with Gasteiger partial charge in [0.15, 0.2) is 0 Å². The highest BCUT2D eigenvalue weighted by Gasteiger charge is 2.18. The summed E-state index contributed by atoms with van der Waals surface area (Å²) in [6.07, 6.45) is 0. The topological polar surface area (TPSA) is 83.8 Å². The molecule has 5 nitrogen and oxygen atoms in total. The number of carbonyl (C=O) groups is 2. The Bertz CT molecular complexity index is 719. The van der Waals surface area contributed by atoms with E-state index < -0.39 is 11.9 Å². The van der Waals surface area contributed by atoms with Crippen LogP contribution >= 0.6 is 0 Å². The molecule has 5 heteroatoms. The zero-order chi connectivity index (χ0) is 15.6. The van der Waals surface area contributed by atoms with Gasteiger partial charge in [-0.3, -0.25) is 0 Å². The lowest BCUT2D eigenvalue weighted by Crippen LogP contribution is -2.12. The number of aryl methyl sites for hydroxylation is 2. The normalized spacial score (nSPS) is 10.2. The molecule has 0 saturated carbocycles. The van der Waals surface area contributed by atoms with Gasteiger partial charge in [-0.2, -0.15) is 0 Å². The van der Waals surface area contributed by atoms with E-state index in [9.17, 15) is 14.7 Å². The number of carboxylic acid groups (broad SMARTS) is 1. The van der Waals surface area contributed by atoms with Crippen molar-refractivity contribution in [1.82, 2.24) is 0 Å². The van der Waals surface area contributed by atoms with E-state index in [1.807, 2.05) is 0 Å². The van der Waals surface area contributed by atoms with Gasteiger partial charge >= 0.3 is 11.9 Å². The number of phenols is 1. The Kier molecular flexibility index (Phi) is 3.93. The third-order valence-corrected chi connectivity index (χ3v) is 2.94. The molecule has 0 heterocycles. The Morgan fingerprint density at radius 2 is 1.52 bits per heavy atom. The van der Waals surface area contributed by atoms with Crippen molar-refractivity contribution < 1.29 is 24.5 Å². The molecule has 2 aromatic rings. The highest BCUT2D eigenvalue weighted by molar-refractivity contribution is 5.97. The number of hydrogen-bond donors (Lipinski definition) is 2. The first kappa shape index (κ1) is 14.6. The number of rotatable bonds is 3. The summed E-state index contributed by atoms with van der Waals surface area (Å²) in [6.45, 7) is 3.53. The third kappa shape index (κ3) is 3.20. The van der Waals surface area contributed by atoms with Gasteiger partial charge in [0.2, 0.25) is 0 Å². The van der Waals surface area contributed by atoms with Gasteiger partial charge in [-0.15, -0.1) is 0 Å². The van der Waals surface area contributed by atoms with E-state index in [-0.39, 0.29) is 22.6 Å². The van der Waals surface area contributed by atoms with Gasteiger partial charge in [0.25, 0.3) is 0 Å². The van der Waals surface area contributed by atoms with E-state index in [0.717, 1.165) is 11.1 Å². The van der Waals surface area contributed by atoms with Crippen molar-refractivity contribution in [2.45, 2.75) is 13.8 Å². The number of carboxylic acids is 1. The number of esters is 1. The van der Waals surface area contributed by atoms with Crippen LogP contribution in [0, 0.1) is 13.8 Å². The van der Waals surface area contributed by atoms with Crippen LogP contribution in [0.1, 0.15) is 31.8 Å². The lowest BCUT2D eigenvalue weighted by atomic mass is 10.1. The number of hydrogen-bond acceptors (Lipinski definition) is 4. The second-order valence-corrected chi connectivity index (χ2v) is 4.71. The summed E-state index contributed by atoms with van der Waals surface area (Å²) in [5.74, 6) is -2.25. The Balaban J connectivity index is 2.35. The van der Waals surface area contributed by atoms with Crippen molar-refractivity contribution in [1.29, 1.82) is 0 Å². The minimum absolute atomic E-state index is 0.0153. The van der Waals surface area contributed by atoms with Crippen molar-refractivity contribution >= 4 is 11.9 Å². The van der Waals surface area contributed by atoms with E-state index in [1.165, 1.54) is 24.3 Å². The van der Waals surface area contributed by atoms with Crippen molar-refractivity contribution in [3.8, 4) is 11.5 Å². The fourth-order valence-corrected chi connectivity index (χ4v) is 1.86. The maximum Gasteiger partial charge on any atom is 0.347 e. The summed E-state index contributed by atoms with van der Waals surface area (Å²) < 4.78 is 5.11. The molecule has 0 radical (unpaired) electrons. The van der Waals surface area contributed by atoms with Crippen LogP contribution in [0.5, 0.6) is 11.5 Å². The standard InChI is InChI=1S/C16H14O5/c1-9-3-5-11(13(17)7-9)16(20)21-14-8-10(2)4-6-12(14)15(18)19/h3-8,17H,1-2H3,(H,18,19). The first-order valence-electron chi connectivity index (χ1n) is 6.24. The second kappa shape index (κ2) is 5.66. The lowest BCUT2D eigenvalue weighted by Gasteiger charge is -2.09. The minimum atomic E-state index is -1.19. The predicted molar refractivity (Wildman–Crippen MR) is 75.9 cm³/mol. The third-order valence-electron chi connectivity index (χ3n) is 2.94. The molecule has 0 unspecified atom stereocenters. The fraction of sp³-hybridized carbons (Fsp3) is 0.125. The summed E-state index contributed by atoms with van der Waals surface area (Å²) in [5, 5.41) is 18.8. The molecule has 0 aliphatic carbocycles. The van der Waals surface area contributed by atoms with Gasteiger partial charge in [0.05, 0.1) is 0 Å². The van der Waals surface area contributed by atoms with Gasteiger partial charge in [-0.05, 0) is 49.2 Å². The Morgan fingerprint density at radius 3 is 2.10 bits per heavy atom. The van der Waals surface area contributed by atoms with Gasteiger partial charge in [0, 0.05) is 0 Å². The molecule has 108 valence electrons. The molecule has 0 amide bonds. The van der Waals surface area contributed by atoms with E-state index in [0.29, 0.717) is 0 Å². The number of carbonyl (C=O) groups excluding carboxylic acids is 1. The largest absolute Gasteiger partial charge is 0.507 e. The minimum Gasteiger partial charge on any atom is -0.507 e. The summed E-state index contributed by atoms with van der Waals surface area (Å²) in [4.78, 5) is 23.2. The van der Waals surface area contributed by atoms with Crippen molar-refractivity contribution in [3.63, 3.8) is 0 Å². The molecular formula is C16H14O5. The summed E-state index contributed by atoms with van der Waals surface area (Å²) in [7, 11) is 0. The first-order valence-corrected chi connectivity index (χ1v) is 6.24. The number of aromatic hydroxyl groups is 1. The van der Waals surface area contributed by atoms with E-state index in [4.69, 9.17) is 9.84 Å². The van der Waals surface area contributed by atoms with Crippen molar-refractivity contribution in [2.75, 3.05) is 0 Å². The molecule has 0 aromatic heterocycles. The van der Waals surface area contributed by atoms with Crippen LogP contribution in [-0.4, -0.2) is 22.2 Å². The molecule has 0 atom stereocenters. The molecule has 2 rings (SSSR count). The summed E-state index contributed by atoms with van der Waals surface area (Å²) in [6, 6.07) is 8.98. The van der Waals surface area contributed by atoms with Crippen LogP contribution in [0.3, 0.4) is 0 Å². The monoisotopic (exact) mass is 286 g/mol. The van der Waals surface area contributed by atoms with E-state index in [2.05, 4.69) is 0 Å².